The lowest BCUT2D eigenvalue weighted by molar-refractivity contribution is 0.525. The normalized spacial score (nSPS) is 12.9. The third kappa shape index (κ3) is 2.98. The van der Waals surface area contributed by atoms with Gasteiger partial charge in [0.15, 0.2) is 0 Å². The second-order valence-electron chi connectivity index (χ2n) is 4.94. The Balaban J connectivity index is 2.40. The molecule has 0 aliphatic heterocycles. The second-order valence-corrected chi connectivity index (χ2v) is 5.83. The fraction of sp³-hybridized carbons (Fsp3) is 0.400. The van der Waals surface area contributed by atoms with Crippen LogP contribution in [0.2, 0.25) is 0 Å². The Morgan fingerprint density at radius 3 is 2.44 bits per heavy atom. The lowest BCUT2D eigenvalue weighted by Gasteiger charge is -2.21. The smallest absolute Gasteiger partial charge is 0.114 e. The molecular weight excluding hydrogens is 240 g/mol. The van der Waals surface area contributed by atoms with Gasteiger partial charge in [0.05, 0.1) is 6.04 Å². The summed E-state index contributed by atoms with van der Waals surface area (Å²) >= 11 is 1.73. The number of benzene rings is 1. The third-order valence-corrected chi connectivity index (χ3v) is 3.91. The number of thiazole rings is 1. The molecule has 1 atom stereocenters. The first-order valence-corrected chi connectivity index (χ1v) is 7.19. The maximum absolute atomic E-state index is 4.64. The Morgan fingerprint density at radius 1 is 1.17 bits per heavy atom. The van der Waals surface area contributed by atoms with Gasteiger partial charge in [0.25, 0.3) is 0 Å². The lowest BCUT2D eigenvalue weighted by atomic mass is 10.0. The summed E-state index contributed by atoms with van der Waals surface area (Å²) < 4.78 is 0. The van der Waals surface area contributed by atoms with Crippen molar-refractivity contribution in [3.05, 3.63) is 51.5 Å². The molecule has 2 aromatic rings. The maximum atomic E-state index is 4.64. The van der Waals surface area contributed by atoms with Crippen LogP contribution in [0.3, 0.4) is 0 Å². The highest BCUT2D eigenvalue weighted by Gasteiger charge is 2.19. The summed E-state index contributed by atoms with van der Waals surface area (Å²) in [6, 6.07) is 9.15. The van der Waals surface area contributed by atoms with Gasteiger partial charge in [-0.2, -0.15) is 0 Å². The van der Waals surface area contributed by atoms with Gasteiger partial charge in [-0.05, 0) is 38.8 Å². The lowest BCUT2D eigenvalue weighted by Crippen LogP contribution is -2.29. The molecule has 1 aromatic heterocycles. The number of nitrogens with zero attached hydrogens (tertiary/aromatic N) is 1. The molecule has 1 aromatic carbocycles. The molecule has 1 N–H and O–H groups in total. The molecule has 2 nitrogen and oxygen atoms in total. The Morgan fingerprint density at radius 2 is 1.89 bits per heavy atom. The van der Waals surface area contributed by atoms with Crippen LogP contribution in [0.1, 0.15) is 41.7 Å². The van der Waals surface area contributed by atoms with E-state index in [1.54, 1.807) is 11.3 Å². The molecule has 0 amide bonds. The largest absolute Gasteiger partial charge is 0.302 e. The van der Waals surface area contributed by atoms with Gasteiger partial charge in [-0.25, -0.2) is 4.98 Å². The summed E-state index contributed by atoms with van der Waals surface area (Å²) in [4.78, 5) is 4.64. The van der Waals surface area contributed by atoms with Gasteiger partial charge < -0.3 is 5.32 Å². The van der Waals surface area contributed by atoms with Gasteiger partial charge in [0.1, 0.15) is 5.01 Å². The average Bonchev–Trinajstić information content (AvgIpc) is 2.73. The third-order valence-electron chi connectivity index (χ3n) is 2.88. The maximum Gasteiger partial charge on any atom is 0.114 e. The Hall–Kier alpha value is -1.19. The molecule has 3 heteroatoms. The van der Waals surface area contributed by atoms with E-state index in [4.69, 9.17) is 0 Å². The van der Waals surface area contributed by atoms with Gasteiger partial charge in [-0.15, -0.1) is 11.3 Å². The van der Waals surface area contributed by atoms with E-state index in [0.29, 0.717) is 6.04 Å². The molecule has 1 unspecified atom stereocenters. The topological polar surface area (TPSA) is 24.9 Å². The van der Waals surface area contributed by atoms with Crippen molar-refractivity contribution in [3.63, 3.8) is 0 Å². The van der Waals surface area contributed by atoms with Gasteiger partial charge in [-0.1, -0.05) is 24.3 Å². The van der Waals surface area contributed by atoms with Crippen LogP contribution in [-0.4, -0.2) is 11.0 Å². The van der Waals surface area contributed by atoms with Crippen molar-refractivity contribution in [2.45, 2.75) is 39.8 Å². The van der Waals surface area contributed by atoms with Crippen LogP contribution in [0.15, 0.2) is 29.6 Å². The Bertz CT molecular complexity index is 517. The van der Waals surface area contributed by atoms with Crippen molar-refractivity contribution in [2.24, 2.45) is 0 Å². The zero-order valence-corrected chi connectivity index (χ0v) is 12.2. The van der Waals surface area contributed by atoms with E-state index in [0.717, 1.165) is 10.7 Å². The number of nitrogens with one attached hydrogen (secondary N) is 1. The summed E-state index contributed by atoms with van der Waals surface area (Å²) in [6.07, 6.45) is 0. The van der Waals surface area contributed by atoms with E-state index in [1.165, 1.54) is 11.1 Å². The fourth-order valence-electron chi connectivity index (χ4n) is 2.04. The molecule has 0 aliphatic rings. The first-order chi connectivity index (χ1) is 8.58. The number of aromatic nitrogens is 1. The van der Waals surface area contributed by atoms with Gasteiger partial charge in [0.2, 0.25) is 0 Å². The van der Waals surface area contributed by atoms with Crippen molar-refractivity contribution >= 4 is 11.3 Å². The quantitative estimate of drug-likeness (QED) is 0.903. The molecule has 2 rings (SSSR count). The van der Waals surface area contributed by atoms with Crippen LogP contribution in [0.25, 0.3) is 0 Å². The first kappa shape index (κ1) is 13.2. The van der Waals surface area contributed by atoms with E-state index in [1.807, 2.05) is 6.92 Å². The van der Waals surface area contributed by atoms with Gasteiger partial charge in [-0.3, -0.25) is 0 Å². The van der Waals surface area contributed by atoms with Gasteiger partial charge in [0, 0.05) is 17.1 Å². The van der Waals surface area contributed by atoms with E-state index in [2.05, 4.69) is 60.7 Å². The molecule has 0 aliphatic carbocycles. The summed E-state index contributed by atoms with van der Waals surface area (Å²) in [5.74, 6) is 0. The standard InChI is InChI=1S/C15H20N2S/c1-10(2)16-14(15-17-12(4)9-18-15)13-8-6-5-7-11(13)3/h5-10,14,16H,1-4H3. The molecule has 1 heterocycles. The van der Waals surface area contributed by atoms with Crippen LogP contribution in [-0.2, 0) is 0 Å². The van der Waals surface area contributed by atoms with Gasteiger partial charge >= 0.3 is 0 Å². The zero-order chi connectivity index (χ0) is 13.1. The molecule has 0 saturated carbocycles. The molecule has 18 heavy (non-hydrogen) atoms. The Labute approximate surface area is 113 Å². The highest BCUT2D eigenvalue weighted by atomic mass is 32.1. The number of hydrogen-bond acceptors (Lipinski definition) is 3. The second kappa shape index (κ2) is 5.63. The minimum absolute atomic E-state index is 0.199. The van der Waals surface area contributed by atoms with Crippen molar-refractivity contribution < 1.29 is 0 Å². The molecule has 0 saturated heterocycles. The SMILES string of the molecule is Cc1csc(C(NC(C)C)c2ccccc2C)n1. The number of aryl methyl sites for hydroxylation is 2. The summed E-state index contributed by atoms with van der Waals surface area (Å²) in [5, 5.41) is 6.88. The van der Waals surface area contributed by atoms with Crippen LogP contribution in [0.4, 0.5) is 0 Å². The zero-order valence-electron chi connectivity index (χ0n) is 11.4. The predicted octanol–water partition coefficient (Wildman–Crippen LogP) is 3.85. The average molecular weight is 260 g/mol. The van der Waals surface area contributed by atoms with E-state index < -0.39 is 0 Å². The molecule has 0 radical (unpaired) electrons. The van der Waals surface area contributed by atoms with E-state index in [9.17, 15) is 0 Å². The molecular formula is C15H20N2S. The van der Waals surface area contributed by atoms with E-state index in [-0.39, 0.29) is 6.04 Å². The van der Waals surface area contributed by atoms with E-state index >= 15 is 0 Å². The van der Waals surface area contributed by atoms with Crippen molar-refractivity contribution in [2.75, 3.05) is 0 Å². The molecule has 96 valence electrons. The number of hydrogen-bond donors (Lipinski definition) is 1. The van der Waals surface area contributed by atoms with Crippen LogP contribution < -0.4 is 5.32 Å². The highest BCUT2D eigenvalue weighted by Crippen LogP contribution is 2.27. The predicted molar refractivity (Wildman–Crippen MR) is 78.1 cm³/mol. The van der Waals surface area contributed by atoms with Crippen LogP contribution in [0, 0.1) is 13.8 Å². The highest BCUT2D eigenvalue weighted by molar-refractivity contribution is 7.09. The molecule has 0 fully saturated rings. The molecule has 0 bridgehead atoms. The first-order valence-electron chi connectivity index (χ1n) is 6.31. The summed E-state index contributed by atoms with van der Waals surface area (Å²) in [7, 11) is 0. The minimum atomic E-state index is 0.199. The van der Waals surface area contributed by atoms with Crippen molar-refractivity contribution in [3.8, 4) is 0 Å². The number of rotatable bonds is 4. The van der Waals surface area contributed by atoms with Crippen LogP contribution >= 0.6 is 11.3 Å². The molecule has 0 spiro atoms. The summed E-state index contributed by atoms with van der Waals surface area (Å²) in [6.45, 7) is 8.55. The summed E-state index contributed by atoms with van der Waals surface area (Å²) in [5.41, 5.74) is 3.73. The Kier molecular flexibility index (Phi) is 4.15. The van der Waals surface area contributed by atoms with Crippen molar-refractivity contribution in [1.29, 1.82) is 0 Å². The van der Waals surface area contributed by atoms with Crippen LogP contribution in [0.5, 0.6) is 0 Å². The fourth-order valence-corrected chi connectivity index (χ4v) is 2.91. The van der Waals surface area contributed by atoms with Crippen molar-refractivity contribution in [1.82, 2.24) is 10.3 Å². The monoisotopic (exact) mass is 260 g/mol. The minimum Gasteiger partial charge on any atom is -0.302 e.